The molecule has 5 N–H and O–H groups in total. The molecule has 0 aliphatic rings. The molecule has 0 bridgehead atoms. The van der Waals surface area contributed by atoms with Gasteiger partial charge in [0.1, 0.15) is 4.99 Å². The lowest BCUT2D eigenvalue weighted by atomic mass is 9.93. The summed E-state index contributed by atoms with van der Waals surface area (Å²) in [6.07, 6.45) is 0. The van der Waals surface area contributed by atoms with E-state index in [-0.39, 0.29) is 17.3 Å². The molecule has 0 spiro atoms. The van der Waals surface area contributed by atoms with Crippen molar-refractivity contribution in [1.82, 2.24) is 4.72 Å². The van der Waals surface area contributed by atoms with E-state index < -0.39 is 21.3 Å². The van der Waals surface area contributed by atoms with Crippen LogP contribution < -0.4 is 16.2 Å². The minimum Gasteiger partial charge on any atom is -0.389 e. The van der Waals surface area contributed by atoms with Crippen molar-refractivity contribution < 1.29 is 13.2 Å². The average Bonchev–Trinajstić information content (AvgIpc) is 2.37. The van der Waals surface area contributed by atoms with E-state index in [0.717, 1.165) is 0 Å². The number of hydrogen-bond donors (Lipinski definition) is 3. The zero-order valence-corrected chi connectivity index (χ0v) is 13.6. The molecule has 0 atom stereocenters. The van der Waals surface area contributed by atoms with Gasteiger partial charge in [0, 0.05) is 12.1 Å². The van der Waals surface area contributed by atoms with Gasteiger partial charge in [0.15, 0.2) is 0 Å². The van der Waals surface area contributed by atoms with E-state index in [4.69, 9.17) is 23.7 Å². The predicted octanol–water partition coefficient (Wildman–Crippen LogP) is 0.252. The Labute approximate surface area is 129 Å². The lowest BCUT2D eigenvalue weighted by Crippen LogP contribution is -2.42. The van der Waals surface area contributed by atoms with Crippen molar-refractivity contribution in [2.75, 3.05) is 6.54 Å². The van der Waals surface area contributed by atoms with Crippen molar-refractivity contribution in [3.05, 3.63) is 35.4 Å². The molecule has 1 aromatic rings. The third-order valence-corrected chi connectivity index (χ3v) is 4.53. The maximum Gasteiger partial charge on any atom is 0.224 e. The van der Waals surface area contributed by atoms with Crippen LogP contribution in [0.3, 0.4) is 0 Å². The Morgan fingerprint density at radius 1 is 1.24 bits per heavy atom. The summed E-state index contributed by atoms with van der Waals surface area (Å²) in [5.74, 6) is -0.759. The van der Waals surface area contributed by atoms with Crippen LogP contribution in [-0.2, 0) is 20.6 Å². The number of thiocarbonyl (C=S) groups is 1. The standard InChI is InChI=1S/C13H19N3O3S2/c1-13(2,12(15)17)8-16-21(18,19)7-9-3-5-10(6-4-9)11(14)20/h3-6,16H,7-8H2,1-2H3,(H2,14,20)(H2,15,17). The number of carbonyl (C=O) groups excluding carboxylic acids is 1. The number of carbonyl (C=O) groups is 1. The molecule has 0 saturated carbocycles. The molecule has 0 heterocycles. The molecular formula is C13H19N3O3S2. The molecule has 1 rings (SSSR count). The molecule has 21 heavy (non-hydrogen) atoms. The number of rotatable bonds is 7. The maximum atomic E-state index is 12.0. The van der Waals surface area contributed by atoms with Gasteiger partial charge in [-0.25, -0.2) is 13.1 Å². The summed E-state index contributed by atoms with van der Waals surface area (Å²) in [5.41, 5.74) is 11.0. The lowest BCUT2D eigenvalue weighted by molar-refractivity contribution is -0.125. The van der Waals surface area contributed by atoms with Crippen LogP contribution in [0, 0.1) is 5.41 Å². The fraction of sp³-hybridized carbons (Fsp3) is 0.385. The van der Waals surface area contributed by atoms with E-state index in [9.17, 15) is 13.2 Å². The zero-order valence-electron chi connectivity index (χ0n) is 11.9. The largest absolute Gasteiger partial charge is 0.389 e. The van der Waals surface area contributed by atoms with Crippen LogP contribution in [0.5, 0.6) is 0 Å². The number of amides is 1. The highest BCUT2D eigenvalue weighted by Crippen LogP contribution is 2.14. The highest BCUT2D eigenvalue weighted by molar-refractivity contribution is 7.88. The van der Waals surface area contributed by atoms with Crippen LogP contribution in [-0.4, -0.2) is 25.9 Å². The Balaban J connectivity index is 2.72. The molecule has 1 aromatic carbocycles. The minimum absolute atomic E-state index is 0.0460. The highest BCUT2D eigenvalue weighted by atomic mass is 32.2. The normalized spacial score (nSPS) is 12.1. The van der Waals surface area contributed by atoms with Crippen LogP contribution in [0.2, 0.25) is 0 Å². The quantitative estimate of drug-likeness (QED) is 0.620. The van der Waals surface area contributed by atoms with E-state index in [2.05, 4.69) is 4.72 Å². The van der Waals surface area contributed by atoms with Crippen LogP contribution in [0.1, 0.15) is 25.0 Å². The monoisotopic (exact) mass is 329 g/mol. The summed E-state index contributed by atoms with van der Waals surface area (Å²) in [7, 11) is -3.56. The van der Waals surface area contributed by atoms with Crippen molar-refractivity contribution in [2.45, 2.75) is 19.6 Å². The fourth-order valence-electron chi connectivity index (χ4n) is 1.41. The van der Waals surface area contributed by atoms with Gasteiger partial charge in [-0.3, -0.25) is 4.79 Å². The molecule has 0 aliphatic carbocycles. The number of hydrogen-bond acceptors (Lipinski definition) is 4. The number of primary amides is 1. The van der Waals surface area contributed by atoms with Crippen LogP contribution in [0.4, 0.5) is 0 Å². The lowest BCUT2D eigenvalue weighted by Gasteiger charge is -2.20. The Bertz CT molecular complexity index is 637. The van der Waals surface area contributed by atoms with Gasteiger partial charge in [-0.2, -0.15) is 0 Å². The molecule has 0 fully saturated rings. The van der Waals surface area contributed by atoms with Gasteiger partial charge >= 0.3 is 0 Å². The maximum absolute atomic E-state index is 12.0. The molecule has 6 nitrogen and oxygen atoms in total. The molecule has 1 amide bonds. The summed E-state index contributed by atoms with van der Waals surface area (Å²) in [4.78, 5) is 11.4. The first-order valence-electron chi connectivity index (χ1n) is 6.19. The predicted molar refractivity (Wildman–Crippen MR) is 85.9 cm³/mol. The van der Waals surface area contributed by atoms with Gasteiger partial charge in [0.25, 0.3) is 0 Å². The van der Waals surface area contributed by atoms with Crippen molar-refractivity contribution in [3.63, 3.8) is 0 Å². The fourth-order valence-corrected chi connectivity index (χ4v) is 2.86. The van der Waals surface area contributed by atoms with Gasteiger partial charge in [-0.05, 0) is 19.4 Å². The highest BCUT2D eigenvalue weighted by Gasteiger charge is 2.27. The average molecular weight is 329 g/mol. The van der Waals surface area contributed by atoms with E-state index >= 15 is 0 Å². The van der Waals surface area contributed by atoms with Crippen molar-refractivity contribution >= 4 is 33.1 Å². The van der Waals surface area contributed by atoms with Crippen molar-refractivity contribution in [2.24, 2.45) is 16.9 Å². The second-order valence-electron chi connectivity index (χ2n) is 5.39. The van der Waals surface area contributed by atoms with Crippen LogP contribution in [0.25, 0.3) is 0 Å². The molecule has 8 heteroatoms. The number of sulfonamides is 1. The summed E-state index contributed by atoms with van der Waals surface area (Å²) in [6, 6.07) is 6.63. The Kier molecular flexibility index (Phi) is 5.43. The Hall–Kier alpha value is -1.51. The third kappa shape index (κ3) is 5.41. The van der Waals surface area contributed by atoms with E-state index in [0.29, 0.717) is 11.1 Å². The third-order valence-electron chi connectivity index (χ3n) is 3.00. The molecule has 0 saturated heterocycles. The van der Waals surface area contributed by atoms with E-state index in [1.807, 2.05) is 0 Å². The van der Waals surface area contributed by atoms with Gasteiger partial charge < -0.3 is 11.5 Å². The van der Waals surface area contributed by atoms with E-state index in [1.165, 1.54) is 0 Å². The molecule has 0 aliphatic heterocycles. The van der Waals surface area contributed by atoms with Gasteiger partial charge in [0.05, 0.1) is 11.2 Å². The van der Waals surface area contributed by atoms with Crippen molar-refractivity contribution in [3.8, 4) is 0 Å². The number of nitrogens with one attached hydrogen (secondary N) is 1. The van der Waals surface area contributed by atoms with Crippen molar-refractivity contribution in [1.29, 1.82) is 0 Å². The number of benzene rings is 1. The summed E-state index contributed by atoms with van der Waals surface area (Å²) >= 11 is 4.83. The SMILES string of the molecule is CC(C)(CNS(=O)(=O)Cc1ccc(C(N)=S)cc1)C(N)=O. The minimum atomic E-state index is -3.56. The second-order valence-corrected chi connectivity index (χ2v) is 7.64. The molecular weight excluding hydrogens is 310 g/mol. The first-order valence-corrected chi connectivity index (χ1v) is 8.25. The zero-order chi connectivity index (χ0) is 16.3. The molecule has 0 radical (unpaired) electrons. The topological polar surface area (TPSA) is 115 Å². The first-order chi connectivity index (χ1) is 9.53. The number of nitrogens with two attached hydrogens (primary N) is 2. The van der Waals surface area contributed by atoms with Crippen LogP contribution in [0.15, 0.2) is 24.3 Å². The van der Waals surface area contributed by atoms with E-state index in [1.54, 1.807) is 38.1 Å². The Morgan fingerprint density at radius 2 is 1.76 bits per heavy atom. The summed E-state index contributed by atoms with van der Waals surface area (Å²) in [6.45, 7) is 3.11. The van der Waals surface area contributed by atoms with Gasteiger partial charge in [-0.15, -0.1) is 0 Å². The smallest absolute Gasteiger partial charge is 0.224 e. The molecule has 0 unspecified atom stereocenters. The first kappa shape index (κ1) is 17.5. The molecule has 116 valence electrons. The summed E-state index contributed by atoms with van der Waals surface area (Å²) < 4.78 is 26.3. The van der Waals surface area contributed by atoms with Gasteiger partial charge in [0.2, 0.25) is 15.9 Å². The molecule has 0 aromatic heterocycles. The summed E-state index contributed by atoms with van der Waals surface area (Å²) in [5, 5.41) is 0. The van der Waals surface area contributed by atoms with Gasteiger partial charge in [-0.1, -0.05) is 36.5 Å². The second kappa shape index (κ2) is 6.50. The Morgan fingerprint density at radius 3 is 2.19 bits per heavy atom. The van der Waals surface area contributed by atoms with Crippen LogP contribution >= 0.6 is 12.2 Å².